The highest BCUT2D eigenvalue weighted by atomic mass is 16.5. The van der Waals surface area contributed by atoms with Crippen LogP contribution in [-0.2, 0) is 0 Å². The van der Waals surface area contributed by atoms with Crippen molar-refractivity contribution in [3.8, 4) is 17.4 Å². The van der Waals surface area contributed by atoms with Crippen LogP contribution in [-0.4, -0.2) is 12.1 Å². The number of rotatable bonds is 3. The van der Waals surface area contributed by atoms with Crippen LogP contribution >= 0.6 is 0 Å². The molecule has 0 saturated carbocycles. The maximum Gasteiger partial charge on any atom is 0.227 e. The van der Waals surface area contributed by atoms with E-state index in [4.69, 9.17) is 15.2 Å². The van der Waals surface area contributed by atoms with E-state index in [0.717, 1.165) is 22.1 Å². The standard InChI is InChI=1S/C17H16N2O2/c1-11-4-3-5-15(16(11)18)21-17-14-10-13(20-2)7-6-12(14)8-9-19-17/h3-10H,18H2,1-2H3. The summed E-state index contributed by atoms with van der Waals surface area (Å²) >= 11 is 0. The summed E-state index contributed by atoms with van der Waals surface area (Å²) in [6.07, 6.45) is 1.72. The molecule has 21 heavy (non-hydrogen) atoms. The largest absolute Gasteiger partial charge is 0.497 e. The molecule has 3 rings (SSSR count). The third-order valence-corrected chi connectivity index (χ3v) is 3.43. The fraction of sp³-hybridized carbons (Fsp3) is 0.118. The highest BCUT2D eigenvalue weighted by Gasteiger charge is 2.09. The fourth-order valence-electron chi connectivity index (χ4n) is 2.18. The van der Waals surface area contributed by atoms with Gasteiger partial charge < -0.3 is 15.2 Å². The Labute approximate surface area is 123 Å². The zero-order valence-electron chi connectivity index (χ0n) is 12.0. The Hall–Kier alpha value is -2.75. The molecule has 0 unspecified atom stereocenters. The molecule has 1 aromatic heterocycles. The molecule has 0 fully saturated rings. The molecule has 0 amide bonds. The Morgan fingerprint density at radius 2 is 1.95 bits per heavy atom. The number of nitrogens with zero attached hydrogens (tertiary/aromatic N) is 1. The molecule has 106 valence electrons. The van der Waals surface area contributed by atoms with Crippen molar-refractivity contribution in [2.24, 2.45) is 0 Å². The van der Waals surface area contributed by atoms with Crippen molar-refractivity contribution in [1.82, 2.24) is 4.98 Å². The summed E-state index contributed by atoms with van der Waals surface area (Å²) in [5, 5.41) is 1.92. The van der Waals surface area contributed by atoms with Crippen molar-refractivity contribution in [1.29, 1.82) is 0 Å². The first kappa shape index (κ1) is 13.2. The van der Waals surface area contributed by atoms with Crippen LogP contribution in [0.15, 0.2) is 48.7 Å². The van der Waals surface area contributed by atoms with Crippen molar-refractivity contribution in [3.05, 3.63) is 54.2 Å². The van der Waals surface area contributed by atoms with Gasteiger partial charge in [0.1, 0.15) is 5.75 Å². The molecular formula is C17H16N2O2. The van der Waals surface area contributed by atoms with Gasteiger partial charge in [0, 0.05) is 11.6 Å². The van der Waals surface area contributed by atoms with E-state index in [1.807, 2.05) is 49.4 Å². The van der Waals surface area contributed by atoms with Gasteiger partial charge in [-0.15, -0.1) is 0 Å². The molecule has 0 aliphatic rings. The van der Waals surface area contributed by atoms with Crippen LogP contribution in [0, 0.1) is 6.92 Å². The zero-order valence-corrected chi connectivity index (χ0v) is 12.0. The minimum absolute atomic E-state index is 0.517. The number of para-hydroxylation sites is 1. The van der Waals surface area contributed by atoms with Gasteiger partial charge in [-0.2, -0.15) is 0 Å². The lowest BCUT2D eigenvalue weighted by atomic mass is 10.1. The van der Waals surface area contributed by atoms with Gasteiger partial charge in [-0.3, -0.25) is 0 Å². The maximum atomic E-state index is 6.05. The molecule has 4 heteroatoms. The predicted octanol–water partition coefficient (Wildman–Crippen LogP) is 3.93. The highest BCUT2D eigenvalue weighted by Crippen LogP contribution is 2.33. The minimum atomic E-state index is 0.517. The molecule has 0 aliphatic heterocycles. The molecule has 0 spiro atoms. The third-order valence-electron chi connectivity index (χ3n) is 3.43. The Bertz CT molecular complexity index is 800. The quantitative estimate of drug-likeness (QED) is 0.739. The SMILES string of the molecule is COc1ccc2ccnc(Oc3cccc(C)c3N)c2c1. The average Bonchev–Trinajstić information content (AvgIpc) is 2.51. The molecule has 0 aliphatic carbocycles. The number of nitrogens with two attached hydrogens (primary N) is 1. The summed E-state index contributed by atoms with van der Waals surface area (Å²) in [5.74, 6) is 1.89. The third kappa shape index (κ3) is 2.48. The summed E-state index contributed by atoms with van der Waals surface area (Å²) < 4.78 is 11.2. The molecular weight excluding hydrogens is 264 g/mol. The second-order valence-electron chi connectivity index (χ2n) is 4.79. The Kier molecular flexibility index (Phi) is 3.36. The number of methoxy groups -OCH3 is 1. The van der Waals surface area contributed by atoms with E-state index in [1.165, 1.54) is 0 Å². The number of aryl methyl sites for hydroxylation is 1. The van der Waals surface area contributed by atoms with Gasteiger partial charge in [0.2, 0.25) is 5.88 Å². The first-order valence-electron chi connectivity index (χ1n) is 6.65. The van der Waals surface area contributed by atoms with Gasteiger partial charge in [0.05, 0.1) is 12.8 Å². The molecule has 0 radical (unpaired) electrons. The predicted molar refractivity (Wildman–Crippen MR) is 84.0 cm³/mol. The van der Waals surface area contributed by atoms with Crippen LogP contribution in [0.1, 0.15) is 5.56 Å². The summed E-state index contributed by atoms with van der Waals surface area (Å²) in [4.78, 5) is 4.32. The number of benzene rings is 2. The fourth-order valence-corrected chi connectivity index (χ4v) is 2.18. The molecule has 0 bridgehead atoms. The second-order valence-corrected chi connectivity index (χ2v) is 4.79. The number of hydrogen-bond donors (Lipinski definition) is 1. The van der Waals surface area contributed by atoms with Crippen molar-refractivity contribution in [2.75, 3.05) is 12.8 Å². The normalized spacial score (nSPS) is 10.6. The van der Waals surface area contributed by atoms with Crippen LogP contribution < -0.4 is 15.2 Å². The first-order chi connectivity index (χ1) is 10.2. The molecule has 4 nitrogen and oxygen atoms in total. The number of pyridine rings is 1. The molecule has 3 aromatic rings. The maximum absolute atomic E-state index is 6.05. The van der Waals surface area contributed by atoms with Gasteiger partial charge in [-0.05, 0) is 42.1 Å². The van der Waals surface area contributed by atoms with Crippen LogP contribution in [0.4, 0.5) is 5.69 Å². The highest BCUT2D eigenvalue weighted by molar-refractivity contribution is 5.88. The Morgan fingerprint density at radius 3 is 2.76 bits per heavy atom. The van der Waals surface area contributed by atoms with E-state index >= 15 is 0 Å². The monoisotopic (exact) mass is 280 g/mol. The topological polar surface area (TPSA) is 57.4 Å². The van der Waals surface area contributed by atoms with E-state index < -0.39 is 0 Å². The number of hydrogen-bond acceptors (Lipinski definition) is 4. The number of nitrogen functional groups attached to an aromatic ring is 1. The number of ether oxygens (including phenoxy) is 2. The summed E-state index contributed by atoms with van der Waals surface area (Å²) in [6, 6.07) is 13.4. The van der Waals surface area contributed by atoms with Gasteiger partial charge in [-0.1, -0.05) is 18.2 Å². The van der Waals surface area contributed by atoms with E-state index in [-0.39, 0.29) is 0 Å². The minimum Gasteiger partial charge on any atom is -0.497 e. The first-order valence-corrected chi connectivity index (χ1v) is 6.65. The van der Waals surface area contributed by atoms with E-state index in [0.29, 0.717) is 17.3 Å². The van der Waals surface area contributed by atoms with E-state index in [1.54, 1.807) is 13.3 Å². The van der Waals surface area contributed by atoms with Crippen LogP contribution in [0.3, 0.4) is 0 Å². The molecule has 1 heterocycles. The van der Waals surface area contributed by atoms with Crippen LogP contribution in [0.2, 0.25) is 0 Å². The number of anilines is 1. The second kappa shape index (κ2) is 5.32. The number of fused-ring (bicyclic) bond motifs is 1. The van der Waals surface area contributed by atoms with Gasteiger partial charge >= 0.3 is 0 Å². The van der Waals surface area contributed by atoms with Gasteiger partial charge in [-0.25, -0.2) is 4.98 Å². The van der Waals surface area contributed by atoms with Gasteiger partial charge in [0.15, 0.2) is 5.75 Å². The average molecular weight is 280 g/mol. The summed E-state index contributed by atoms with van der Waals surface area (Å²) in [7, 11) is 1.64. The zero-order chi connectivity index (χ0) is 14.8. The summed E-state index contributed by atoms with van der Waals surface area (Å²) in [6.45, 7) is 1.95. The lowest BCUT2D eigenvalue weighted by molar-refractivity contribution is 0.415. The Morgan fingerprint density at radius 1 is 1.10 bits per heavy atom. The van der Waals surface area contributed by atoms with Crippen LogP contribution in [0.25, 0.3) is 10.8 Å². The molecule has 2 N–H and O–H groups in total. The molecule has 0 saturated heterocycles. The lowest BCUT2D eigenvalue weighted by Crippen LogP contribution is -1.96. The van der Waals surface area contributed by atoms with E-state index in [2.05, 4.69) is 4.98 Å². The van der Waals surface area contributed by atoms with E-state index in [9.17, 15) is 0 Å². The molecule has 0 atom stereocenters. The van der Waals surface area contributed by atoms with Crippen molar-refractivity contribution in [3.63, 3.8) is 0 Å². The van der Waals surface area contributed by atoms with Crippen molar-refractivity contribution in [2.45, 2.75) is 6.92 Å². The van der Waals surface area contributed by atoms with Crippen LogP contribution in [0.5, 0.6) is 17.4 Å². The molecule has 2 aromatic carbocycles. The van der Waals surface area contributed by atoms with Crippen molar-refractivity contribution < 1.29 is 9.47 Å². The number of aromatic nitrogens is 1. The Balaban J connectivity index is 2.09. The summed E-state index contributed by atoms with van der Waals surface area (Å²) in [5.41, 5.74) is 7.65. The smallest absolute Gasteiger partial charge is 0.227 e. The van der Waals surface area contributed by atoms with Gasteiger partial charge in [0.25, 0.3) is 0 Å². The lowest BCUT2D eigenvalue weighted by Gasteiger charge is -2.11. The van der Waals surface area contributed by atoms with Crippen molar-refractivity contribution >= 4 is 16.5 Å².